The molecule has 0 radical (unpaired) electrons. The molecule has 0 N–H and O–H groups in total. The first-order valence-electron chi connectivity index (χ1n) is 9.35. The Morgan fingerprint density at radius 3 is 2.12 bits per heavy atom. The zero-order valence-corrected chi connectivity index (χ0v) is 15.9. The molecular weight excluding hydrogens is 318 g/mol. The fourth-order valence-corrected chi connectivity index (χ4v) is 3.66. The van der Waals surface area contributed by atoms with Gasteiger partial charge < -0.3 is 9.32 Å². The van der Waals surface area contributed by atoms with E-state index in [4.69, 9.17) is 4.42 Å². The highest BCUT2D eigenvalue weighted by atomic mass is 16.3. The third kappa shape index (κ3) is 2.76. The Morgan fingerprint density at radius 2 is 1.42 bits per heavy atom. The molecule has 3 aromatic carbocycles. The van der Waals surface area contributed by atoms with E-state index in [9.17, 15) is 0 Å². The summed E-state index contributed by atoms with van der Waals surface area (Å²) in [4.78, 5) is 2.36. The van der Waals surface area contributed by atoms with Crippen molar-refractivity contribution in [1.82, 2.24) is 0 Å². The molecule has 0 spiro atoms. The fraction of sp³-hybridized carbons (Fsp3) is 0.250. The highest BCUT2D eigenvalue weighted by molar-refractivity contribution is 6.09. The first kappa shape index (κ1) is 16.7. The molecule has 0 bridgehead atoms. The number of hydrogen-bond donors (Lipinski definition) is 0. The second kappa shape index (κ2) is 6.53. The molecule has 0 aliphatic heterocycles. The normalized spacial score (nSPS) is 11.8. The van der Waals surface area contributed by atoms with Gasteiger partial charge >= 0.3 is 0 Å². The van der Waals surface area contributed by atoms with Gasteiger partial charge in [-0.05, 0) is 49.6 Å². The largest absolute Gasteiger partial charge is 0.454 e. The monoisotopic (exact) mass is 343 g/mol. The van der Waals surface area contributed by atoms with E-state index in [2.05, 4.69) is 87.2 Å². The van der Waals surface area contributed by atoms with Crippen LogP contribution in [0.2, 0.25) is 0 Å². The van der Waals surface area contributed by atoms with Crippen molar-refractivity contribution in [1.29, 1.82) is 0 Å². The van der Waals surface area contributed by atoms with Gasteiger partial charge in [0, 0.05) is 22.5 Å². The van der Waals surface area contributed by atoms with Crippen LogP contribution in [0, 0.1) is 0 Å². The van der Waals surface area contributed by atoms with E-state index in [1.54, 1.807) is 0 Å². The average molecular weight is 343 g/mol. The lowest BCUT2D eigenvalue weighted by Gasteiger charge is -2.29. The van der Waals surface area contributed by atoms with Crippen molar-refractivity contribution >= 4 is 33.3 Å². The van der Waals surface area contributed by atoms with Crippen LogP contribution in [-0.4, -0.2) is 6.04 Å². The van der Waals surface area contributed by atoms with Crippen molar-refractivity contribution in [2.75, 3.05) is 4.90 Å². The lowest BCUT2D eigenvalue weighted by atomic mass is 10.0. The van der Waals surface area contributed by atoms with Crippen LogP contribution < -0.4 is 4.90 Å². The number of benzene rings is 3. The minimum atomic E-state index is 0.318. The van der Waals surface area contributed by atoms with Gasteiger partial charge in [0.25, 0.3) is 0 Å². The molecule has 26 heavy (non-hydrogen) atoms. The molecule has 4 aromatic rings. The quantitative estimate of drug-likeness (QED) is 0.388. The molecular formula is C24H25NO. The Balaban J connectivity index is 1.89. The maximum absolute atomic E-state index is 6.26. The second-order valence-electron chi connectivity index (χ2n) is 7.46. The van der Waals surface area contributed by atoms with E-state index in [1.807, 2.05) is 12.1 Å². The van der Waals surface area contributed by atoms with Gasteiger partial charge in [-0.2, -0.15) is 0 Å². The summed E-state index contributed by atoms with van der Waals surface area (Å²) >= 11 is 0. The molecule has 0 saturated carbocycles. The Kier molecular flexibility index (Phi) is 4.20. The second-order valence-corrected chi connectivity index (χ2v) is 7.46. The molecule has 2 nitrogen and oxygen atoms in total. The predicted octanol–water partition coefficient (Wildman–Crippen LogP) is 7.26. The van der Waals surface area contributed by atoms with Gasteiger partial charge in [0.15, 0.2) is 5.58 Å². The topological polar surface area (TPSA) is 16.4 Å². The van der Waals surface area contributed by atoms with Crippen molar-refractivity contribution < 1.29 is 4.42 Å². The van der Waals surface area contributed by atoms with Crippen molar-refractivity contribution in [3.05, 3.63) is 72.3 Å². The van der Waals surface area contributed by atoms with Gasteiger partial charge in [-0.3, -0.25) is 0 Å². The summed E-state index contributed by atoms with van der Waals surface area (Å²) in [6, 6.07) is 23.9. The van der Waals surface area contributed by atoms with Crippen LogP contribution in [-0.2, 0) is 0 Å². The summed E-state index contributed by atoms with van der Waals surface area (Å²) in [6.07, 6.45) is 0. The Hall–Kier alpha value is -2.74. The van der Waals surface area contributed by atoms with Crippen LogP contribution in [0.3, 0.4) is 0 Å². The average Bonchev–Trinajstić information content (AvgIpc) is 3.02. The van der Waals surface area contributed by atoms with Gasteiger partial charge in [0.1, 0.15) is 5.58 Å². The minimum absolute atomic E-state index is 0.318. The van der Waals surface area contributed by atoms with Gasteiger partial charge in [0.2, 0.25) is 0 Å². The number of fused-ring (bicyclic) bond motifs is 3. The molecule has 0 saturated heterocycles. The lowest BCUT2D eigenvalue weighted by molar-refractivity contribution is 0.664. The highest BCUT2D eigenvalue weighted by Crippen LogP contribution is 2.39. The number of rotatable bonds is 4. The molecule has 0 atom stereocenters. The Bertz CT molecular complexity index is 1040. The molecule has 1 aromatic heterocycles. The highest BCUT2D eigenvalue weighted by Gasteiger charge is 2.19. The van der Waals surface area contributed by atoms with Crippen molar-refractivity contribution in [2.45, 2.75) is 39.7 Å². The molecule has 0 aliphatic carbocycles. The zero-order chi connectivity index (χ0) is 18.3. The third-order valence-corrected chi connectivity index (χ3v) is 5.00. The van der Waals surface area contributed by atoms with Gasteiger partial charge in [-0.25, -0.2) is 0 Å². The summed E-state index contributed by atoms with van der Waals surface area (Å²) in [6.45, 7) is 8.89. The van der Waals surface area contributed by atoms with E-state index in [1.165, 1.54) is 22.0 Å². The predicted molar refractivity (Wildman–Crippen MR) is 112 cm³/mol. The number of hydrogen-bond acceptors (Lipinski definition) is 2. The molecule has 132 valence electrons. The number of para-hydroxylation sites is 2. The minimum Gasteiger partial charge on any atom is -0.454 e. The van der Waals surface area contributed by atoms with E-state index >= 15 is 0 Å². The van der Waals surface area contributed by atoms with Gasteiger partial charge in [-0.1, -0.05) is 56.3 Å². The van der Waals surface area contributed by atoms with Crippen molar-refractivity contribution in [2.24, 2.45) is 0 Å². The third-order valence-electron chi connectivity index (χ3n) is 5.00. The lowest BCUT2D eigenvalue weighted by Crippen LogP contribution is -2.25. The van der Waals surface area contributed by atoms with Gasteiger partial charge in [0.05, 0.1) is 5.69 Å². The van der Waals surface area contributed by atoms with Crippen LogP contribution in [0.5, 0.6) is 0 Å². The maximum atomic E-state index is 6.26. The number of nitrogens with zero attached hydrogens (tertiary/aromatic N) is 1. The Morgan fingerprint density at radius 1 is 0.731 bits per heavy atom. The molecule has 1 heterocycles. The maximum Gasteiger partial charge on any atom is 0.159 e. The first-order chi connectivity index (χ1) is 12.6. The zero-order valence-electron chi connectivity index (χ0n) is 15.9. The first-order valence-corrected chi connectivity index (χ1v) is 9.35. The summed E-state index contributed by atoms with van der Waals surface area (Å²) in [7, 11) is 0. The number of furan rings is 1. The van der Waals surface area contributed by atoms with E-state index < -0.39 is 0 Å². The van der Waals surface area contributed by atoms with Gasteiger partial charge in [-0.15, -0.1) is 0 Å². The number of anilines is 2. The molecule has 2 heteroatoms. The fourth-order valence-electron chi connectivity index (χ4n) is 3.66. The van der Waals surface area contributed by atoms with Crippen LogP contribution >= 0.6 is 0 Å². The van der Waals surface area contributed by atoms with Crippen LogP contribution in [0.1, 0.15) is 39.2 Å². The smallest absolute Gasteiger partial charge is 0.159 e. The van der Waals surface area contributed by atoms with E-state index in [0.29, 0.717) is 12.0 Å². The van der Waals surface area contributed by atoms with Crippen molar-refractivity contribution in [3.63, 3.8) is 0 Å². The van der Waals surface area contributed by atoms with E-state index in [-0.39, 0.29) is 0 Å². The van der Waals surface area contributed by atoms with Crippen molar-refractivity contribution in [3.8, 4) is 0 Å². The van der Waals surface area contributed by atoms with Crippen LogP contribution in [0.15, 0.2) is 71.1 Å². The van der Waals surface area contributed by atoms with E-state index in [0.717, 1.165) is 16.9 Å². The molecule has 4 rings (SSSR count). The summed E-state index contributed by atoms with van der Waals surface area (Å²) in [5.74, 6) is 0.537. The molecule has 0 aliphatic rings. The molecule has 0 fully saturated rings. The summed E-state index contributed by atoms with van der Waals surface area (Å²) < 4.78 is 6.26. The summed E-state index contributed by atoms with van der Waals surface area (Å²) in [5, 5.41) is 2.34. The van der Waals surface area contributed by atoms with Crippen LogP contribution in [0.25, 0.3) is 21.9 Å². The summed E-state index contributed by atoms with van der Waals surface area (Å²) in [5.41, 5.74) is 5.56. The van der Waals surface area contributed by atoms with Crippen LogP contribution in [0.4, 0.5) is 11.4 Å². The SMILES string of the molecule is CC(C)c1ccc(N(c2cccc3c2oc2ccccc23)C(C)C)cc1. The standard InChI is InChI=1S/C24H25NO/c1-16(2)18-12-14-19(15-13-18)25(17(3)4)22-10-7-9-21-20-8-5-6-11-23(20)26-24(21)22/h5-17H,1-4H3. The molecule has 0 amide bonds. The Labute approximate surface area is 155 Å². The molecule has 0 unspecified atom stereocenters.